The molecule has 4 rings (SSSR count). The topological polar surface area (TPSA) is 19.4 Å². The molecule has 1 aromatic heterocycles. The molecule has 3 nitrogen and oxygen atoms in total. The zero-order valence-corrected chi connectivity index (χ0v) is 12.0. The van der Waals surface area contributed by atoms with Gasteiger partial charge in [0.05, 0.1) is 5.52 Å². The molecular weight excluding hydrogens is 246 g/mol. The van der Waals surface area contributed by atoms with E-state index in [4.69, 9.17) is 0 Å². The molecule has 3 heterocycles. The maximum atomic E-state index is 4.49. The Balaban J connectivity index is 1.75. The van der Waals surface area contributed by atoms with Crippen LogP contribution in [0.4, 0.5) is 5.69 Å². The molecule has 2 aromatic rings. The maximum Gasteiger partial charge on any atom is 0.0722 e. The van der Waals surface area contributed by atoms with E-state index in [0.717, 1.165) is 18.1 Å². The van der Waals surface area contributed by atoms with Crippen LogP contribution in [0.3, 0.4) is 0 Å². The summed E-state index contributed by atoms with van der Waals surface area (Å²) in [4.78, 5) is 9.76. The second kappa shape index (κ2) is 4.74. The lowest BCUT2D eigenvalue weighted by molar-refractivity contribution is 0.203. The highest BCUT2D eigenvalue weighted by Crippen LogP contribution is 2.32. The summed E-state index contributed by atoms with van der Waals surface area (Å²) in [6, 6.07) is 12.1. The fourth-order valence-corrected chi connectivity index (χ4v) is 3.86. The van der Waals surface area contributed by atoms with Crippen LogP contribution < -0.4 is 4.90 Å². The van der Waals surface area contributed by atoms with E-state index in [-0.39, 0.29) is 0 Å². The molecule has 0 N–H and O–H groups in total. The van der Waals surface area contributed by atoms with Gasteiger partial charge in [0.15, 0.2) is 0 Å². The van der Waals surface area contributed by atoms with Crippen molar-refractivity contribution < 1.29 is 0 Å². The molecule has 2 atom stereocenters. The van der Waals surface area contributed by atoms with Gasteiger partial charge in [0.25, 0.3) is 0 Å². The zero-order valence-electron chi connectivity index (χ0n) is 12.0. The van der Waals surface area contributed by atoms with Gasteiger partial charge in [0.2, 0.25) is 0 Å². The molecule has 2 aliphatic rings. The third-order valence-electron chi connectivity index (χ3n) is 4.87. The average Bonchev–Trinajstić information content (AvgIpc) is 2.93. The number of benzene rings is 1. The van der Waals surface area contributed by atoms with Crippen molar-refractivity contribution in [3.8, 4) is 0 Å². The molecule has 0 spiro atoms. The lowest BCUT2D eigenvalue weighted by Crippen LogP contribution is -2.55. The number of hydrogen-bond donors (Lipinski definition) is 0. The molecule has 0 radical (unpaired) electrons. The summed E-state index contributed by atoms with van der Waals surface area (Å²) in [5.41, 5.74) is 2.46. The molecule has 20 heavy (non-hydrogen) atoms. The number of hydrogen-bond acceptors (Lipinski definition) is 3. The molecule has 0 bridgehead atoms. The smallest absolute Gasteiger partial charge is 0.0722 e. The van der Waals surface area contributed by atoms with Gasteiger partial charge in [-0.1, -0.05) is 6.07 Å². The first kappa shape index (κ1) is 12.2. The predicted molar refractivity (Wildman–Crippen MR) is 83.1 cm³/mol. The molecule has 2 unspecified atom stereocenters. The van der Waals surface area contributed by atoms with Crippen molar-refractivity contribution in [2.75, 3.05) is 24.5 Å². The maximum absolute atomic E-state index is 4.49. The molecule has 0 aliphatic carbocycles. The van der Waals surface area contributed by atoms with Crippen LogP contribution in [0.1, 0.15) is 19.8 Å². The van der Waals surface area contributed by atoms with Gasteiger partial charge >= 0.3 is 0 Å². The standard InChI is InChI=1S/C17H21N3/c1-13-11-19-10-4-5-14(19)12-20(13)17-8-2-7-16-15(17)6-3-9-18-16/h2-3,6-9,13-14H,4-5,10-12H2,1H3. The molecule has 0 amide bonds. The first-order chi connectivity index (χ1) is 9.83. The predicted octanol–water partition coefficient (Wildman–Crippen LogP) is 2.91. The number of fused-ring (bicyclic) bond motifs is 2. The number of rotatable bonds is 1. The minimum Gasteiger partial charge on any atom is -0.365 e. The molecule has 104 valence electrons. The Kier molecular flexibility index (Phi) is 2.88. The minimum atomic E-state index is 0.579. The first-order valence-corrected chi connectivity index (χ1v) is 7.67. The normalized spacial score (nSPS) is 26.9. The van der Waals surface area contributed by atoms with Crippen molar-refractivity contribution in [1.29, 1.82) is 0 Å². The molecule has 2 fully saturated rings. The molecule has 2 aliphatic heterocycles. The van der Waals surface area contributed by atoms with E-state index in [1.807, 2.05) is 12.3 Å². The summed E-state index contributed by atoms with van der Waals surface area (Å²) in [6.07, 6.45) is 4.60. The van der Waals surface area contributed by atoms with Crippen molar-refractivity contribution in [2.24, 2.45) is 0 Å². The number of nitrogens with zero attached hydrogens (tertiary/aromatic N) is 3. The van der Waals surface area contributed by atoms with Crippen LogP contribution in [0.25, 0.3) is 10.9 Å². The van der Waals surface area contributed by atoms with Crippen LogP contribution in [0.5, 0.6) is 0 Å². The average molecular weight is 267 g/mol. The van der Waals surface area contributed by atoms with E-state index in [1.54, 1.807) is 0 Å². The number of piperazine rings is 1. The van der Waals surface area contributed by atoms with Crippen LogP contribution in [-0.4, -0.2) is 41.6 Å². The van der Waals surface area contributed by atoms with Gasteiger partial charge in [-0.3, -0.25) is 9.88 Å². The van der Waals surface area contributed by atoms with Gasteiger partial charge in [0.1, 0.15) is 0 Å². The van der Waals surface area contributed by atoms with E-state index in [9.17, 15) is 0 Å². The second-order valence-electron chi connectivity index (χ2n) is 6.14. The van der Waals surface area contributed by atoms with Crippen molar-refractivity contribution in [3.05, 3.63) is 36.5 Å². The lowest BCUT2D eigenvalue weighted by Gasteiger charge is -2.44. The van der Waals surface area contributed by atoms with E-state index in [2.05, 4.69) is 46.0 Å². The molecule has 1 aromatic carbocycles. The van der Waals surface area contributed by atoms with Crippen molar-refractivity contribution >= 4 is 16.6 Å². The van der Waals surface area contributed by atoms with Crippen LogP contribution >= 0.6 is 0 Å². The SMILES string of the molecule is CC1CN2CCCC2CN1c1cccc2ncccc12. The van der Waals surface area contributed by atoms with Gasteiger partial charge in [-0.25, -0.2) is 0 Å². The summed E-state index contributed by atoms with van der Waals surface area (Å²) in [7, 11) is 0. The van der Waals surface area contributed by atoms with E-state index in [0.29, 0.717) is 6.04 Å². The van der Waals surface area contributed by atoms with E-state index >= 15 is 0 Å². The highest BCUT2D eigenvalue weighted by atomic mass is 15.3. The van der Waals surface area contributed by atoms with Crippen LogP contribution in [-0.2, 0) is 0 Å². The molecular formula is C17H21N3. The quantitative estimate of drug-likeness (QED) is 0.792. The van der Waals surface area contributed by atoms with Crippen LogP contribution in [0, 0.1) is 0 Å². The summed E-state index contributed by atoms with van der Waals surface area (Å²) in [6.45, 7) is 6.00. The fraction of sp³-hybridized carbons (Fsp3) is 0.471. The third-order valence-corrected chi connectivity index (χ3v) is 4.87. The van der Waals surface area contributed by atoms with Gasteiger partial charge < -0.3 is 4.90 Å². The lowest BCUT2D eigenvalue weighted by atomic mass is 10.0. The van der Waals surface area contributed by atoms with Gasteiger partial charge in [-0.15, -0.1) is 0 Å². The Hall–Kier alpha value is -1.61. The third kappa shape index (κ3) is 1.88. The number of pyridine rings is 1. The largest absolute Gasteiger partial charge is 0.365 e. The summed E-state index contributed by atoms with van der Waals surface area (Å²) in [5.74, 6) is 0. The molecule has 0 saturated carbocycles. The Morgan fingerprint density at radius 1 is 1.15 bits per heavy atom. The summed E-state index contributed by atoms with van der Waals surface area (Å²) in [5, 5.41) is 1.29. The van der Waals surface area contributed by atoms with Crippen LogP contribution in [0.2, 0.25) is 0 Å². The van der Waals surface area contributed by atoms with Gasteiger partial charge in [-0.2, -0.15) is 0 Å². The Morgan fingerprint density at radius 2 is 2.10 bits per heavy atom. The monoisotopic (exact) mass is 267 g/mol. The van der Waals surface area contributed by atoms with Crippen molar-refractivity contribution in [2.45, 2.75) is 31.8 Å². The van der Waals surface area contributed by atoms with Crippen molar-refractivity contribution in [1.82, 2.24) is 9.88 Å². The Morgan fingerprint density at radius 3 is 3.05 bits per heavy atom. The first-order valence-electron chi connectivity index (χ1n) is 7.67. The van der Waals surface area contributed by atoms with E-state index < -0.39 is 0 Å². The summed E-state index contributed by atoms with van der Waals surface area (Å²) >= 11 is 0. The number of anilines is 1. The highest BCUT2D eigenvalue weighted by Gasteiger charge is 2.34. The summed E-state index contributed by atoms with van der Waals surface area (Å²) < 4.78 is 0. The minimum absolute atomic E-state index is 0.579. The van der Waals surface area contributed by atoms with Gasteiger partial charge in [-0.05, 0) is 50.6 Å². The van der Waals surface area contributed by atoms with Gasteiger partial charge in [0, 0.05) is 42.4 Å². The fourth-order valence-electron chi connectivity index (χ4n) is 3.86. The van der Waals surface area contributed by atoms with Crippen LogP contribution in [0.15, 0.2) is 36.5 Å². The second-order valence-corrected chi connectivity index (χ2v) is 6.14. The molecule has 2 saturated heterocycles. The van der Waals surface area contributed by atoms with Crippen molar-refractivity contribution in [3.63, 3.8) is 0 Å². The Labute approximate surface area is 120 Å². The Bertz CT molecular complexity index is 619. The highest BCUT2D eigenvalue weighted by molar-refractivity contribution is 5.91. The van der Waals surface area contributed by atoms with E-state index in [1.165, 1.54) is 37.0 Å². The molecule has 3 heteroatoms. The number of aromatic nitrogens is 1. The zero-order chi connectivity index (χ0) is 13.5.